The second-order valence-electron chi connectivity index (χ2n) is 17.5. The highest BCUT2D eigenvalue weighted by Gasteiger charge is 2.62. The Balaban J connectivity index is 1.34. The van der Waals surface area contributed by atoms with Gasteiger partial charge in [0, 0.05) is 41.8 Å². The fourth-order valence-electron chi connectivity index (χ4n) is 7.24. The van der Waals surface area contributed by atoms with Crippen LogP contribution in [0.15, 0.2) is 67.3 Å². The van der Waals surface area contributed by atoms with Crippen LogP contribution in [0.1, 0.15) is 73.6 Å². The van der Waals surface area contributed by atoms with Gasteiger partial charge >= 0.3 is 0 Å². The summed E-state index contributed by atoms with van der Waals surface area (Å²) in [4.78, 5) is 62.3. The molecule has 5 atom stereocenters. The van der Waals surface area contributed by atoms with Gasteiger partial charge in [-0.05, 0) is 42.2 Å². The number of methoxy groups -OCH3 is 1. The van der Waals surface area contributed by atoms with Gasteiger partial charge in [-0.3, -0.25) is 23.9 Å². The number of hydrogen-bond donors (Lipinski definition) is 3. The van der Waals surface area contributed by atoms with E-state index in [0.717, 1.165) is 5.56 Å². The zero-order chi connectivity index (χ0) is 40.8. The molecule has 56 heavy (non-hydrogen) atoms. The molecule has 2 aliphatic carbocycles. The molecule has 3 aliphatic rings. The van der Waals surface area contributed by atoms with Crippen molar-refractivity contribution < 1.29 is 37.1 Å². The summed E-state index contributed by atoms with van der Waals surface area (Å²) < 4.78 is 39.9. The second-order valence-corrected chi connectivity index (χ2v) is 19.5. The van der Waals surface area contributed by atoms with Crippen molar-refractivity contribution in [2.45, 2.75) is 103 Å². The summed E-state index contributed by atoms with van der Waals surface area (Å²) in [5, 5.41) is 5.83. The number of nitrogens with zero attached hydrogens (tertiary/aromatic N) is 2. The molecule has 0 radical (unpaired) electrons. The molecule has 2 aromatic carbocycles. The van der Waals surface area contributed by atoms with E-state index in [0.29, 0.717) is 40.9 Å². The number of rotatable bonds is 13. The van der Waals surface area contributed by atoms with Crippen molar-refractivity contribution >= 4 is 44.6 Å². The Kier molecular flexibility index (Phi) is 11.0. The minimum absolute atomic E-state index is 0.0145. The Labute approximate surface area is 329 Å². The first-order chi connectivity index (χ1) is 26.2. The van der Waals surface area contributed by atoms with Gasteiger partial charge in [-0.2, -0.15) is 0 Å². The van der Waals surface area contributed by atoms with Crippen LogP contribution in [0.3, 0.4) is 0 Å². The van der Waals surface area contributed by atoms with E-state index in [-0.39, 0.29) is 37.1 Å². The van der Waals surface area contributed by atoms with Crippen LogP contribution in [0.4, 0.5) is 0 Å². The van der Waals surface area contributed by atoms with Crippen molar-refractivity contribution in [2.75, 3.05) is 13.7 Å². The molecule has 0 spiro atoms. The van der Waals surface area contributed by atoms with Crippen LogP contribution in [-0.2, 0) is 29.2 Å². The molecule has 13 nitrogen and oxygen atoms in total. The lowest BCUT2D eigenvalue weighted by molar-refractivity contribution is -0.144. The average molecular weight is 788 g/mol. The highest BCUT2D eigenvalue weighted by molar-refractivity contribution is 7.91. The minimum Gasteiger partial charge on any atom is -0.497 e. The van der Waals surface area contributed by atoms with Gasteiger partial charge in [-0.1, -0.05) is 78.0 Å². The van der Waals surface area contributed by atoms with Gasteiger partial charge in [-0.15, -0.1) is 6.58 Å². The molecule has 3 fully saturated rings. The monoisotopic (exact) mass is 787 g/mol. The van der Waals surface area contributed by atoms with Crippen LogP contribution in [0, 0.1) is 16.7 Å². The van der Waals surface area contributed by atoms with Gasteiger partial charge in [0.05, 0.1) is 30.1 Å². The van der Waals surface area contributed by atoms with Crippen LogP contribution in [0.25, 0.3) is 22.2 Å². The minimum atomic E-state index is -3.90. The van der Waals surface area contributed by atoms with Crippen LogP contribution in [0.5, 0.6) is 11.5 Å². The van der Waals surface area contributed by atoms with Crippen LogP contribution < -0.4 is 24.8 Å². The zero-order valence-corrected chi connectivity index (χ0v) is 34.0. The maximum Gasteiger partial charge on any atom is 0.259 e. The first-order valence-corrected chi connectivity index (χ1v) is 20.6. The number of hydrogen-bond acceptors (Lipinski definition) is 9. The first kappa shape index (κ1) is 40.7. The van der Waals surface area contributed by atoms with E-state index in [4.69, 9.17) is 14.5 Å². The van der Waals surface area contributed by atoms with E-state index in [1.807, 2.05) is 90.1 Å². The summed E-state index contributed by atoms with van der Waals surface area (Å²) in [5.74, 6) is -1.68. The molecule has 4 amide bonds. The lowest BCUT2D eigenvalue weighted by Gasteiger charge is -2.36. The van der Waals surface area contributed by atoms with Gasteiger partial charge < -0.3 is 25.0 Å². The van der Waals surface area contributed by atoms with Gasteiger partial charge in [0.15, 0.2) is 0 Å². The van der Waals surface area contributed by atoms with Crippen molar-refractivity contribution in [2.24, 2.45) is 16.7 Å². The zero-order valence-electron chi connectivity index (χ0n) is 33.2. The lowest BCUT2D eigenvalue weighted by atomic mass is 9.84. The Bertz CT molecular complexity index is 2140. The third kappa shape index (κ3) is 8.85. The summed E-state index contributed by atoms with van der Waals surface area (Å²) >= 11 is 0. The number of fused-ring (bicyclic) bond motifs is 1. The molecule has 2 heterocycles. The second kappa shape index (κ2) is 15.2. The molecule has 3 N–H and O–H groups in total. The van der Waals surface area contributed by atoms with Gasteiger partial charge in [0.1, 0.15) is 35.2 Å². The van der Waals surface area contributed by atoms with Crippen LogP contribution in [0.2, 0.25) is 0 Å². The number of sulfonamides is 1. The largest absolute Gasteiger partial charge is 0.497 e. The summed E-state index contributed by atoms with van der Waals surface area (Å²) in [6.07, 6.45) is 2.10. The number of carbonyl (C=O) groups excluding carboxylic acids is 4. The number of carbonyl (C=O) groups is 4. The summed E-state index contributed by atoms with van der Waals surface area (Å²) in [5.41, 5.74) is -0.519. The van der Waals surface area contributed by atoms with Crippen LogP contribution in [-0.4, -0.2) is 84.6 Å². The SMILES string of the molecule is C=CC1CC1(NC(=O)C1CC(Oc2cc(-c3ccccc3)nc3cc(OC)ccc23)CN1C(=O)C(NC(=O)CC(C)(C)C)C(C)(C)C)C(=O)NS(=O)(=O)C1CC1. The van der Waals surface area contributed by atoms with E-state index in [1.165, 1.54) is 11.0 Å². The summed E-state index contributed by atoms with van der Waals surface area (Å²) in [6, 6.07) is 14.7. The third-order valence-corrected chi connectivity index (χ3v) is 12.4. The standard InChI is InChI=1S/C42H53N5O8S/c1-9-26-22-42(26,39(51)46-56(52,53)29-16-17-29)45-37(49)33-20-28(24-47(33)38(50)36(41(5,6)7)44-35(48)23-40(2,3)4)55-34-21-31(25-13-11-10-12-14-25)43-32-19-27(54-8)15-18-30(32)34/h9-15,18-19,21,26,28-29,33,36H,1,16-17,20,22-24H2,2-8H3,(H,44,48)(H,45,49)(H,46,51). The van der Waals surface area contributed by atoms with E-state index in [1.54, 1.807) is 13.2 Å². The predicted molar refractivity (Wildman–Crippen MR) is 213 cm³/mol. The van der Waals surface area contributed by atoms with Crippen molar-refractivity contribution in [3.63, 3.8) is 0 Å². The van der Waals surface area contributed by atoms with Crippen molar-refractivity contribution in [3.05, 3.63) is 67.3 Å². The Morgan fingerprint density at radius 1 is 1.04 bits per heavy atom. The number of likely N-dealkylation sites (tertiary alicyclic amines) is 1. The highest BCUT2D eigenvalue weighted by atomic mass is 32.2. The number of amides is 4. The molecule has 14 heteroatoms. The fourth-order valence-corrected chi connectivity index (χ4v) is 8.60. The van der Waals surface area contributed by atoms with Gasteiger partial charge in [0.25, 0.3) is 5.91 Å². The van der Waals surface area contributed by atoms with Crippen molar-refractivity contribution in [1.82, 2.24) is 25.2 Å². The normalized spacial score (nSPS) is 22.8. The predicted octanol–water partition coefficient (Wildman–Crippen LogP) is 4.90. The molecule has 0 bridgehead atoms. The van der Waals surface area contributed by atoms with Gasteiger partial charge in [0.2, 0.25) is 27.7 Å². The highest BCUT2D eigenvalue weighted by Crippen LogP contribution is 2.46. The first-order valence-electron chi connectivity index (χ1n) is 19.1. The number of ether oxygens (including phenoxy) is 2. The molecule has 3 aromatic rings. The smallest absolute Gasteiger partial charge is 0.259 e. The Morgan fingerprint density at radius 2 is 1.73 bits per heavy atom. The average Bonchev–Trinajstić information content (AvgIpc) is 4.06. The number of pyridine rings is 1. The molecular formula is C42H53N5O8S. The van der Waals surface area contributed by atoms with E-state index in [9.17, 15) is 27.6 Å². The number of aromatic nitrogens is 1. The van der Waals surface area contributed by atoms with E-state index >= 15 is 0 Å². The lowest BCUT2D eigenvalue weighted by Crippen LogP contribution is -2.60. The van der Waals surface area contributed by atoms with E-state index < -0.39 is 68.1 Å². The van der Waals surface area contributed by atoms with Crippen molar-refractivity contribution in [3.8, 4) is 22.8 Å². The Morgan fingerprint density at radius 3 is 2.32 bits per heavy atom. The Hall–Kier alpha value is -4.98. The third-order valence-electron chi connectivity index (χ3n) is 10.5. The number of benzene rings is 2. The number of nitrogens with one attached hydrogen (secondary N) is 3. The van der Waals surface area contributed by atoms with Gasteiger partial charge in [-0.25, -0.2) is 13.4 Å². The maximum absolute atomic E-state index is 14.7. The topological polar surface area (TPSA) is 173 Å². The molecule has 1 saturated heterocycles. The molecule has 300 valence electrons. The molecular weight excluding hydrogens is 735 g/mol. The maximum atomic E-state index is 14.7. The molecule has 1 aromatic heterocycles. The van der Waals surface area contributed by atoms with E-state index in [2.05, 4.69) is 21.9 Å². The summed E-state index contributed by atoms with van der Waals surface area (Å²) in [6.45, 7) is 15.1. The molecule has 2 saturated carbocycles. The quantitative estimate of drug-likeness (QED) is 0.204. The molecule has 1 aliphatic heterocycles. The molecule has 5 unspecified atom stereocenters. The molecule has 6 rings (SSSR count). The summed E-state index contributed by atoms with van der Waals surface area (Å²) in [7, 11) is -2.33. The fraction of sp³-hybridized carbons (Fsp3) is 0.500. The van der Waals surface area contributed by atoms with Crippen LogP contribution >= 0.6 is 0 Å². The van der Waals surface area contributed by atoms with Crippen molar-refractivity contribution in [1.29, 1.82) is 0 Å².